The fourth-order valence-electron chi connectivity index (χ4n) is 0.200. The molecule has 0 saturated heterocycles. The number of carboxylic acids is 1. The molecule has 0 aliphatic heterocycles. The van der Waals surface area contributed by atoms with Gasteiger partial charge in [-0.15, -0.1) is 0 Å². The van der Waals surface area contributed by atoms with Gasteiger partial charge in [0.05, 0.1) is 6.61 Å². The minimum atomic E-state index is -1.65. The monoisotopic (exact) mass is 180 g/mol. The zero-order valence-electron chi connectivity index (χ0n) is 6.53. The number of carbonyl (C=O) groups excluding carboxylic acids is 1. The number of aliphatic hydroxyl groups excluding tert-OH is 1. The third kappa shape index (κ3) is 10.9. The van der Waals surface area contributed by atoms with Gasteiger partial charge in [0.25, 0.3) is 0 Å². The normalized spacial score (nSPS) is 7.00. The number of esters is 1. The summed E-state index contributed by atoms with van der Waals surface area (Å²) >= 11 is 0. The summed E-state index contributed by atoms with van der Waals surface area (Å²) in [5.74, 6) is -2.99. The molecule has 0 spiro atoms. The molecular weight excluding hydrogens is 174 g/mol. The van der Waals surface area contributed by atoms with E-state index in [1.807, 2.05) is 0 Å². The van der Waals surface area contributed by atoms with Crippen molar-refractivity contribution in [1.29, 1.82) is 0 Å². The average molecular weight is 180 g/mol. The van der Waals surface area contributed by atoms with Gasteiger partial charge in [-0.05, 0) is 0 Å². The Morgan fingerprint density at radius 3 is 2.00 bits per heavy atom. The van der Waals surface area contributed by atoms with Crippen molar-refractivity contribution in [2.75, 3.05) is 13.2 Å². The molecular formula is C4H6Na2O5. The van der Waals surface area contributed by atoms with Crippen LogP contribution in [-0.2, 0) is 14.3 Å². The van der Waals surface area contributed by atoms with E-state index in [2.05, 4.69) is 4.74 Å². The van der Waals surface area contributed by atoms with Gasteiger partial charge in [0.1, 0.15) is 6.61 Å². The van der Waals surface area contributed by atoms with E-state index in [0.717, 1.165) is 0 Å². The van der Waals surface area contributed by atoms with Crippen molar-refractivity contribution in [3.63, 3.8) is 0 Å². The second-order valence-corrected chi connectivity index (χ2v) is 1.16. The van der Waals surface area contributed by atoms with Gasteiger partial charge in [-0.3, -0.25) is 0 Å². The van der Waals surface area contributed by atoms with Crippen LogP contribution in [0.15, 0.2) is 0 Å². The van der Waals surface area contributed by atoms with E-state index in [4.69, 9.17) is 10.2 Å². The van der Waals surface area contributed by atoms with Crippen LogP contribution in [0.1, 0.15) is 0 Å². The van der Waals surface area contributed by atoms with Gasteiger partial charge in [-0.1, -0.05) is 0 Å². The van der Waals surface area contributed by atoms with Crippen LogP contribution >= 0.6 is 0 Å². The van der Waals surface area contributed by atoms with Gasteiger partial charge in [-0.2, -0.15) is 0 Å². The third-order valence-corrected chi connectivity index (χ3v) is 0.499. The maximum atomic E-state index is 9.97. The van der Waals surface area contributed by atoms with E-state index in [0.29, 0.717) is 0 Å². The molecule has 0 saturated carbocycles. The molecule has 0 bridgehead atoms. The van der Waals surface area contributed by atoms with Crippen molar-refractivity contribution in [2.45, 2.75) is 0 Å². The van der Waals surface area contributed by atoms with Crippen molar-refractivity contribution in [2.24, 2.45) is 0 Å². The topological polar surface area (TPSA) is 83.8 Å². The van der Waals surface area contributed by atoms with Crippen molar-refractivity contribution in [3.05, 3.63) is 0 Å². The van der Waals surface area contributed by atoms with E-state index < -0.39 is 11.9 Å². The second-order valence-electron chi connectivity index (χ2n) is 1.16. The molecule has 0 aromatic rings. The molecule has 0 fully saturated rings. The van der Waals surface area contributed by atoms with Crippen LogP contribution in [0, 0.1) is 0 Å². The van der Waals surface area contributed by atoms with Crippen LogP contribution in [0.2, 0.25) is 0 Å². The molecule has 0 unspecified atom stereocenters. The standard InChI is InChI=1S/C4H6O5.2Na/c5-1-2-9-4(8)3(6)7;;/h5H,1-2H2,(H,6,7);;. The zero-order chi connectivity index (χ0) is 7.28. The molecule has 11 heavy (non-hydrogen) atoms. The Hall–Kier alpha value is 0.900. The SMILES string of the molecule is O=C(O)C(=O)OCCO.[Na].[Na]. The molecule has 7 heteroatoms. The Labute approximate surface area is 108 Å². The fourth-order valence-corrected chi connectivity index (χ4v) is 0.200. The van der Waals surface area contributed by atoms with Crippen molar-refractivity contribution in [3.8, 4) is 0 Å². The first-order valence-corrected chi connectivity index (χ1v) is 2.19. The van der Waals surface area contributed by atoms with Gasteiger partial charge in [0, 0.05) is 59.1 Å². The van der Waals surface area contributed by atoms with Crippen LogP contribution in [0.25, 0.3) is 0 Å². The number of carbonyl (C=O) groups is 2. The molecule has 0 aliphatic rings. The first-order chi connectivity index (χ1) is 4.18. The Morgan fingerprint density at radius 1 is 1.27 bits per heavy atom. The number of hydrogen-bond donors (Lipinski definition) is 2. The number of rotatable bonds is 2. The Bertz CT molecular complexity index is 126. The van der Waals surface area contributed by atoms with E-state index in [1.165, 1.54) is 0 Å². The van der Waals surface area contributed by atoms with E-state index in [1.54, 1.807) is 0 Å². The predicted molar refractivity (Wildman–Crippen MR) is 37.2 cm³/mol. The maximum absolute atomic E-state index is 9.97. The van der Waals surface area contributed by atoms with Crippen LogP contribution < -0.4 is 0 Å². The fraction of sp³-hybridized carbons (Fsp3) is 0.500. The van der Waals surface area contributed by atoms with E-state index in [-0.39, 0.29) is 72.3 Å². The van der Waals surface area contributed by atoms with Crippen molar-refractivity contribution in [1.82, 2.24) is 0 Å². The summed E-state index contributed by atoms with van der Waals surface area (Å²) in [7, 11) is 0. The maximum Gasteiger partial charge on any atom is 0.417 e. The van der Waals surface area contributed by atoms with Gasteiger partial charge < -0.3 is 14.9 Å². The molecule has 54 valence electrons. The molecule has 0 aliphatic carbocycles. The predicted octanol–water partition coefficient (Wildman–Crippen LogP) is -2.16. The number of aliphatic carboxylic acids is 1. The van der Waals surface area contributed by atoms with Gasteiger partial charge in [0.2, 0.25) is 0 Å². The van der Waals surface area contributed by atoms with Crippen LogP contribution in [0.3, 0.4) is 0 Å². The summed E-state index contributed by atoms with van der Waals surface area (Å²) in [6, 6.07) is 0. The molecule has 0 atom stereocenters. The Morgan fingerprint density at radius 2 is 1.73 bits per heavy atom. The van der Waals surface area contributed by atoms with E-state index >= 15 is 0 Å². The molecule has 0 heterocycles. The quantitative estimate of drug-likeness (QED) is 0.287. The number of hydrogen-bond acceptors (Lipinski definition) is 4. The van der Waals surface area contributed by atoms with Crippen LogP contribution in [0.4, 0.5) is 0 Å². The van der Waals surface area contributed by atoms with Crippen molar-refractivity contribution >= 4 is 71.1 Å². The Balaban J connectivity index is -0.000000320. The summed E-state index contributed by atoms with van der Waals surface area (Å²) in [5.41, 5.74) is 0. The van der Waals surface area contributed by atoms with Crippen molar-refractivity contribution < 1.29 is 24.5 Å². The molecule has 5 nitrogen and oxygen atoms in total. The molecule has 0 amide bonds. The molecule has 0 aromatic heterocycles. The number of carboxylic acid groups (broad SMARTS) is 1. The number of ether oxygens (including phenoxy) is 1. The smallest absolute Gasteiger partial charge is 0.417 e. The molecule has 0 rings (SSSR count). The molecule has 2 radical (unpaired) electrons. The average Bonchev–Trinajstić information content (AvgIpc) is 1.82. The van der Waals surface area contributed by atoms with E-state index in [9.17, 15) is 9.59 Å². The summed E-state index contributed by atoms with van der Waals surface area (Å²) in [6.07, 6.45) is 0. The zero-order valence-corrected chi connectivity index (χ0v) is 10.5. The van der Waals surface area contributed by atoms with Crippen LogP contribution in [-0.4, -0.2) is 94.5 Å². The summed E-state index contributed by atoms with van der Waals surface area (Å²) in [6.45, 7) is -0.635. The molecule has 2 N–H and O–H groups in total. The first-order valence-electron chi connectivity index (χ1n) is 2.19. The second kappa shape index (κ2) is 10.9. The largest absolute Gasteiger partial charge is 0.473 e. The third-order valence-electron chi connectivity index (χ3n) is 0.499. The van der Waals surface area contributed by atoms with Gasteiger partial charge in [-0.25, -0.2) is 9.59 Å². The minimum absolute atomic E-state index is 0. The Kier molecular flexibility index (Phi) is 17.7. The summed E-state index contributed by atoms with van der Waals surface area (Å²) in [4.78, 5) is 19.6. The number of aliphatic hydroxyl groups is 1. The van der Waals surface area contributed by atoms with Gasteiger partial charge in [0.15, 0.2) is 0 Å². The molecule has 0 aromatic carbocycles. The summed E-state index contributed by atoms with van der Waals surface area (Å²) in [5, 5.41) is 15.9. The minimum Gasteiger partial charge on any atom is -0.473 e. The van der Waals surface area contributed by atoms with Crippen LogP contribution in [0.5, 0.6) is 0 Å². The first kappa shape index (κ1) is 17.8. The van der Waals surface area contributed by atoms with Gasteiger partial charge >= 0.3 is 11.9 Å². The summed E-state index contributed by atoms with van der Waals surface area (Å²) < 4.78 is 3.96.